The van der Waals surface area contributed by atoms with Crippen LogP contribution in [-0.2, 0) is 9.53 Å². The maximum Gasteiger partial charge on any atom is 0.302 e. The molecule has 0 aromatic carbocycles. The molecule has 0 radical (unpaired) electrons. The summed E-state index contributed by atoms with van der Waals surface area (Å²) in [7, 11) is 0. The zero-order chi connectivity index (χ0) is 9.52. The Balaban J connectivity index is 2.27. The highest BCUT2D eigenvalue weighted by atomic mass is 16.5. The van der Waals surface area contributed by atoms with E-state index in [2.05, 4.69) is 0 Å². The van der Waals surface area contributed by atoms with Gasteiger partial charge in [-0.25, -0.2) is 0 Å². The van der Waals surface area contributed by atoms with Crippen molar-refractivity contribution in [2.75, 3.05) is 0 Å². The number of hydrogen-bond acceptors (Lipinski definition) is 2. The molecule has 0 spiro atoms. The van der Waals surface area contributed by atoms with Gasteiger partial charge in [-0.05, 0) is 25.7 Å². The Kier molecular flexibility index (Phi) is 4.87. The molecule has 0 heterocycles. The zero-order valence-corrected chi connectivity index (χ0v) is 8.55. The third-order valence-electron chi connectivity index (χ3n) is 2.63. The lowest BCUT2D eigenvalue weighted by Gasteiger charge is -2.15. The summed E-state index contributed by atoms with van der Waals surface area (Å²) in [4.78, 5) is 10.8. The van der Waals surface area contributed by atoms with Crippen LogP contribution >= 0.6 is 0 Å². The molecule has 0 aromatic rings. The third-order valence-corrected chi connectivity index (χ3v) is 2.63. The van der Waals surface area contributed by atoms with Crippen LogP contribution in [0.3, 0.4) is 0 Å². The van der Waals surface area contributed by atoms with E-state index in [4.69, 9.17) is 4.74 Å². The first kappa shape index (κ1) is 10.6. The van der Waals surface area contributed by atoms with Crippen molar-refractivity contribution < 1.29 is 9.53 Å². The molecule has 0 bridgehead atoms. The largest absolute Gasteiger partial charge is 0.463 e. The van der Waals surface area contributed by atoms with Crippen LogP contribution in [0.4, 0.5) is 0 Å². The van der Waals surface area contributed by atoms with Crippen molar-refractivity contribution in [1.82, 2.24) is 0 Å². The van der Waals surface area contributed by atoms with E-state index in [1.165, 1.54) is 45.4 Å². The van der Waals surface area contributed by atoms with Gasteiger partial charge < -0.3 is 4.74 Å². The van der Waals surface area contributed by atoms with E-state index in [9.17, 15) is 4.79 Å². The summed E-state index contributed by atoms with van der Waals surface area (Å²) >= 11 is 0. The Hall–Kier alpha value is -0.530. The summed E-state index contributed by atoms with van der Waals surface area (Å²) in [6, 6.07) is 0. The van der Waals surface area contributed by atoms with Crippen LogP contribution in [0.25, 0.3) is 0 Å². The highest BCUT2D eigenvalue weighted by Crippen LogP contribution is 2.19. The Morgan fingerprint density at radius 2 is 1.46 bits per heavy atom. The van der Waals surface area contributed by atoms with Crippen molar-refractivity contribution in [1.29, 1.82) is 0 Å². The van der Waals surface area contributed by atoms with Gasteiger partial charge in [0.15, 0.2) is 0 Å². The average Bonchev–Trinajstić information content (AvgIpc) is 2.17. The first-order valence-corrected chi connectivity index (χ1v) is 5.46. The molecule has 0 unspecified atom stereocenters. The molecule has 76 valence electrons. The van der Waals surface area contributed by atoms with Gasteiger partial charge in [-0.3, -0.25) is 4.79 Å². The summed E-state index contributed by atoms with van der Waals surface area (Å²) in [5.41, 5.74) is 0. The van der Waals surface area contributed by atoms with Crippen molar-refractivity contribution in [2.24, 2.45) is 0 Å². The van der Waals surface area contributed by atoms with Crippen LogP contribution in [0, 0.1) is 0 Å². The molecule has 2 heteroatoms. The standard InChI is InChI=1S/C11H20O2/c1-10(12)13-11-8-6-4-2-3-5-7-9-11/h11H,2-9H2,1H3. The predicted molar refractivity (Wildman–Crippen MR) is 52.5 cm³/mol. The summed E-state index contributed by atoms with van der Waals surface area (Å²) in [6.07, 6.45) is 10.1. The Morgan fingerprint density at radius 3 is 1.92 bits per heavy atom. The molecule has 13 heavy (non-hydrogen) atoms. The average molecular weight is 184 g/mol. The topological polar surface area (TPSA) is 26.3 Å². The van der Waals surface area contributed by atoms with Gasteiger partial charge in [0.05, 0.1) is 0 Å². The lowest BCUT2D eigenvalue weighted by Crippen LogP contribution is -2.15. The SMILES string of the molecule is CC(=O)OC1CCCCCCCC1. The Bertz CT molecular complexity index is 144. The number of carbonyl (C=O) groups is 1. The van der Waals surface area contributed by atoms with Crippen molar-refractivity contribution in [2.45, 2.75) is 64.4 Å². The molecule has 0 N–H and O–H groups in total. The number of hydrogen-bond donors (Lipinski definition) is 0. The molecule has 1 aliphatic carbocycles. The summed E-state index contributed by atoms with van der Waals surface area (Å²) in [5.74, 6) is -0.121. The number of carbonyl (C=O) groups excluding carboxylic acids is 1. The lowest BCUT2D eigenvalue weighted by atomic mass is 10.1. The molecule has 1 saturated carbocycles. The zero-order valence-electron chi connectivity index (χ0n) is 8.55. The molecular formula is C11H20O2. The minimum absolute atomic E-state index is 0.121. The van der Waals surface area contributed by atoms with E-state index in [1.54, 1.807) is 0 Å². The fourth-order valence-electron chi connectivity index (χ4n) is 1.95. The molecule has 0 saturated heterocycles. The minimum Gasteiger partial charge on any atom is -0.463 e. The first-order chi connectivity index (χ1) is 6.29. The van der Waals surface area contributed by atoms with Crippen LogP contribution in [0.15, 0.2) is 0 Å². The second kappa shape index (κ2) is 6.01. The molecule has 1 fully saturated rings. The number of rotatable bonds is 1. The molecule has 0 atom stereocenters. The summed E-state index contributed by atoms with van der Waals surface area (Å²) < 4.78 is 5.24. The second-order valence-corrected chi connectivity index (χ2v) is 3.93. The molecule has 2 nitrogen and oxygen atoms in total. The monoisotopic (exact) mass is 184 g/mol. The van der Waals surface area contributed by atoms with Gasteiger partial charge in [-0.2, -0.15) is 0 Å². The summed E-state index contributed by atoms with van der Waals surface area (Å²) in [5, 5.41) is 0. The lowest BCUT2D eigenvalue weighted by molar-refractivity contribution is -0.147. The highest BCUT2D eigenvalue weighted by molar-refractivity contribution is 5.66. The van der Waals surface area contributed by atoms with Crippen molar-refractivity contribution in [3.05, 3.63) is 0 Å². The van der Waals surface area contributed by atoms with E-state index in [-0.39, 0.29) is 12.1 Å². The quantitative estimate of drug-likeness (QED) is 0.585. The smallest absolute Gasteiger partial charge is 0.302 e. The van der Waals surface area contributed by atoms with Crippen LogP contribution in [0.1, 0.15) is 58.3 Å². The maximum atomic E-state index is 10.8. The minimum atomic E-state index is -0.121. The molecular weight excluding hydrogens is 164 g/mol. The van der Waals surface area contributed by atoms with E-state index in [0.717, 1.165) is 12.8 Å². The third kappa shape index (κ3) is 4.91. The van der Waals surface area contributed by atoms with Gasteiger partial charge in [0.1, 0.15) is 6.10 Å². The maximum absolute atomic E-state index is 10.8. The highest BCUT2D eigenvalue weighted by Gasteiger charge is 2.12. The number of esters is 1. The normalized spacial score (nSPS) is 21.3. The fraction of sp³-hybridized carbons (Fsp3) is 0.909. The number of ether oxygens (including phenoxy) is 1. The molecule has 1 rings (SSSR count). The molecule has 0 aromatic heterocycles. The molecule has 0 aliphatic heterocycles. The van der Waals surface area contributed by atoms with Crippen LogP contribution < -0.4 is 0 Å². The van der Waals surface area contributed by atoms with Crippen molar-refractivity contribution in [3.63, 3.8) is 0 Å². The molecule has 1 aliphatic rings. The van der Waals surface area contributed by atoms with Gasteiger partial charge in [0.2, 0.25) is 0 Å². The van der Waals surface area contributed by atoms with Gasteiger partial charge in [0.25, 0.3) is 0 Å². The van der Waals surface area contributed by atoms with Crippen molar-refractivity contribution >= 4 is 5.97 Å². The van der Waals surface area contributed by atoms with Gasteiger partial charge in [0, 0.05) is 6.92 Å². The van der Waals surface area contributed by atoms with Crippen molar-refractivity contribution in [3.8, 4) is 0 Å². The Morgan fingerprint density at radius 1 is 1.00 bits per heavy atom. The van der Waals surface area contributed by atoms with Gasteiger partial charge in [-0.1, -0.05) is 25.7 Å². The first-order valence-electron chi connectivity index (χ1n) is 5.46. The van der Waals surface area contributed by atoms with Gasteiger partial charge >= 0.3 is 5.97 Å². The molecule has 0 amide bonds. The van der Waals surface area contributed by atoms with E-state index >= 15 is 0 Å². The van der Waals surface area contributed by atoms with E-state index in [1.807, 2.05) is 0 Å². The van der Waals surface area contributed by atoms with E-state index < -0.39 is 0 Å². The van der Waals surface area contributed by atoms with E-state index in [0.29, 0.717) is 0 Å². The predicted octanol–water partition coefficient (Wildman–Crippen LogP) is 3.05. The Labute approximate surface area is 80.7 Å². The van der Waals surface area contributed by atoms with Crippen LogP contribution in [-0.4, -0.2) is 12.1 Å². The summed E-state index contributed by atoms with van der Waals surface area (Å²) in [6.45, 7) is 1.51. The fourth-order valence-corrected chi connectivity index (χ4v) is 1.95. The second-order valence-electron chi connectivity index (χ2n) is 3.93. The van der Waals surface area contributed by atoms with Crippen LogP contribution in [0.5, 0.6) is 0 Å². The van der Waals surface area contributed by atoms with Crippen LogP contribution in [0.2, 0.25) is 0 Å². The van der Waals surface area contributed by atoms with Gasteiger partial charge in [-0.15, -0.1) is 0 Å².